The molecule has 1 N–H and O–H groups in total. The molecule has 3 atom stereocenters. The predicted octanol–water partition coefficient (Wildman–Crippen LogP) is 0.248. The Hall–Kier alpha value is -0.150. The van der Waals surface area contributed by atoms with Crippen molar-refractivity contribution < 1.29 is 9.23 Å². The molecule has 0 aromatic rings. The summed E-state index contributed by atoms with van der Waals surface area (Å²) in [6.07, 6.45) is 1.40. The minimum Gasteiger partial charge on any atom is -0.298 e. The Morgan fingerprint density at radius 1 is 1.75 bits per heavy atom. The molecule has 0 bridgehead atoms. The van der Waals surface area contributed by atoms with E-state index in [0.717, 1.165) is 6.42 Å². The van der Waals surface area contributed by atoms with Crippen molar-refractivity contribution in [1.29, 1.82) is 0 Å². The summed E-state index contributed by atoms with van der Waals surface area (Å²) in [6.45, 7) is -0.291. The maximum atomic E-state index is 11.8. The predicted molar refractivity (Wildman–Crippen MR) is 25.9 cm³/mol. The number of hydroxylamine groups is 1. The van der Waals surface area contributed by atoms with Crippen molar-refractivity contribution in [2.45, 2.75) is 18.6 Å². The van der Waals surface area contributed by atoms with Crippen molar-refractivity contribution in [3.63, 3.8) is 0 Å². The number of alkyl halides is 1. The lowest BCUT2D eigenvalue weighted by Gasteiger charge is -2.03. The standard InChI is InChI=1S/C5H8FNO/c6-2-4-3-1-5(3)8-7-4/h3-5,7H,1-2H2. The van der Waals surface area contributed by atoms with E-state index in [4.69, 9.17) is 4.84 Å². The molecule has 0 spiro atoms. The fraction of sp³-hybridized carbons (Fsp3) is 1.00. The number of nitrogens with one attached hydrogen (secondary N) is 1. The molecule has 0 amide bonds. The molecule has 2 nitrogen and oxygen atoms in total. The summed E-state index contributed by atoms with van der Waals surface area (Å²) in [5.41, 5.74) is 2.63. The van der Waals surface area contributed by atoms with Crippen LogP contribution in [0.25, 0.3) is 0 Å². The van der Waals surface area contributed by atoms with Crippen LogP contribution in [0.3, 0.4) is 0 Å². The largest absolute Gasteiger partial charge is 0.298 e. The molecule has 8 heavy (non-hydrogen) atoms. The number of hydrogen-bond donors (Lipinski definition) is 1. The first kappa shape index (κ1) is 4.70. The number of halogens is 1. The van der Waals surface area contributed by atoms with Gasteiger partial charge in [0.25, 0.3) is 0 Å². The van der Waals surface area contributed by atoms with E-state index in [2.05, 4.69) is 5.48 Å². The van der Waals surface area contributed by atoms with Crippen LogP contribution >= 0.6 is 0 Å². The van der Waals surface area contributed by atoms with Crippen LogP contribution in [0.4, 0.5) is 4.39 Å². The van der Waals surface area contributed by atoms with E-state index >= 15 is 0 Å². The van der Waals surface area contributed by atoms with Crippen LogP contribution in [-0.2, 0) is 4.84 Å². The van der Waals surface area contributed by atoms with Gasteiger partial charge in [-0.1, -0.05) is 0 Å². The highest BCUT2D eigenvalue weighted by Crippen LogP contribution is 2.40. The fourth-order valence-corrected chi connectivity index (χ4v) is 1.16. The molecule has 0 aromatic heterocycles. The van der Waals surface area contributed by atoms with Crippen LogP contribution in [0.1, 0.15) is 6.42 Å². The van der Waals surface area contributed by atoms with Crippen LogP contribution in [-0.4, -0.2) is 18.8 Å². The van der Waals surface area contributed by atoms with Gasteiger partial charge in [-0.25, -0.2) is 4.39 Å². The molecule has 2 rings (SSSR count). The van der Waals surface area contributed by atoms with Crippen molar-refractivity contribution in [1.82, 2.24) is 5.48 Å². The second-order valence-corrected chi connectivity index (χ2v) is 2.43. The van der Waals surface area contributed by atoms with Gasteiger partial charge < -0.3 is 0 Å². The highest BCUT2D eigenvalue weighted by molar-refractivity contribution is 4.98. The van der Waals surface area contributed by atoms with Gasteiger partial charge in [-0.2, -0.15) is 5.48 Å². The van der Waals surface area contributed by atoms with Crippen LogP contribution in [0.2, 0.25) is 0 Å². The summed E-state index contributed by atoms with van der Waals surface area (Å²) in [6, 6.07) is -0.000000000000000222. The van der Waals surface area contributed by atoms with Gasteiger partial charge in [-0.3, -0.25) is 4.84 Å². The Bertz CT molecular complexity index is 109. The van der Waals surface area contributed by atoms with E-state index < -0.39 is 0 Å². The lowest BCUT2D eigenvalue weighted by Crippen LogP contribution is -2.26. The zero-order valence-electron chi connectivity index (χ0n) is 4.43. The third kappa shape index (κ3) is 0.485. The molecule has 2 aliphatic rings. The molecule has 46 valence electrons. The Morgan fingerprint density at radius 3 is 2.88 bits per heavy atom. The maximum absolute atomic E-state index is 11.8. The normalized spacial score (nSPS) is 51.4. The smallest absolute Gasteiger partial charge is 0.107 e. The topological polar surface area (TPSA) is 21.3 Å². The lowest BCUT2D eigenvalue weighted by molar-refractivity contribution is 0.0440. The highest BCUT2D eigenvalue weighted by Gasteiger charge is 2.50. The molecule has 0 radical (unpaired) electrons. The van der Waals surface area contributed by atoms with E-state index in [0.29, 0.717) is 12.0 Å². The lowest BCUT2D eigenvalue weighted by atomic mass is 10.2. The van der Waals surface area contributed by atoms with Crippen molar-refractivity contribution in [2.75, 3.05) is 6.67 Å². The van der Waals surface area contributed by atoms with Crippen LogP contribution < -0.4 is 5.48 Å². The summed E-state index contributed by atoms with van der Waals surface area (Å²) in [4.78, 5) is 4.94. The fourth-order valence-electron chi connectivity index (χ4n) is 1.16. The molecule has 1 saturated heterocycles. The number of fused-ring (bicyclic) bond motifs is 1. The summed E-state index contributed by atoms with van der Waals surface area (Å²) in [5.74, 6) is 0.486. The van der Waals surface area contributed by atoms with Crippen LogP contribution in [0.5, 0.6) is 0 Å². The SMILES string of the molecule is FCC1NOC2CC12. The van der Waals surface area contributed by atoms with Crippen LogP contribution in [0.15, 0.2) is 0 Å². The molecular weight excluding hydrogens is 109 g/mol. The van der Waals surface area contributed by atoms with Crippen molar-refractivity contribution in [2.24, 2.45) is 5.92 Å². The molecule has 3 unspecified atom stereocenters. The summed E-state index contributed by atoms with van der Waals surface area (Å²) in [7, 11) is 0. The van der Waals surface area contributed by atoms with Crippen LogP contribution in [0, 0.1) is 5.92 Å². The van der Waals surface area contributed by atoms with Crippen molar-refractivity contribution in [3.05, 3.63) is 0 Å². The second kappa shape index (κ2) is 1.42. The van der Waals surface area contributed by atoms with Crippen molar-refractivity contribution >= 4 is 0 Å². The van der Waals surface area contributed by atoms with Crippen molar-refractivity contribution in [3.8, 4) is 0 Å². The van der Waals surface area contributed by atoms with Gasteiger partial charge >= 0.3 is 0 Å². The molecule has 1 aliphatic carbocycles. The monoisotopic (exact) mass is 117 g/mol. The molecule has 0 aromatic carbocycles. The first-order valence-corrected chi connectivity index (χ1v) is 2.89. The van der Waals surface area contributed by atoms with Gasteiger partial charge in [-0.05, 0) is 6.42 Å². The maximum Gasteiger partial charge on any atom is 0.107 e. The molecular formula is C5H8FNO. The third-order valence-electron chi connectivity index (χ3n) is 1.83. The third-order valence-corrected chi connectivity index (χ3v) is 1.83. The average Bonchev–Trinajstić information content (AvgIpc) is 2.46. The average molecular weight is 117 g/mol. The first-order chi connectivity index (χ1) is 3.92. The van der Waals surface area contributed by atoms with Gasteiger partial charge in [0.2, 0.25) is 0 Å². The minimum atomic E-state index is -0.291. The van der Waals surface area contributed by atoms with E-state index in [1.807, 2.05) is 0 Å². The number of rotatable bonds is 1. The zero-order valence-corrected chi connectivity index (χ0v) is 4.43. The quantitative estimate of drug-likeness (QED) is 0.531. The molecule has 1 heterocycles. The summed E-state index contributed by atoms with van der Waals surface area (Å²) in [5, 5.41) is 0. The molecule has 1 saturated carbocycles. The van der Waals surface area contributed by atoms with E-state index in [1.165, 1.54) is 0 Å². The van der Waals surface area contributed by atoms with Gasteiger partial charge in [0.1, 0.15) is 6.67 Å². The highest BCUT2D eigenvalue weighted by atomic mass is 19.1. The number of hydrogen-bond acceptors (Lipinski definition) is 2. The zero-order chi connectivity index (χ0) is 5.56. The minimum absolute atomic E-state index is 0.000000000000000222. The van der Waals surface area contributed by atoms with Gasteiger partial charge in [-0.15, -0.1) is 0 Å². The summed E-state index contributed by atoms with van der Waals surface area (Å²) >= 11 is 0. The molecule has 3 heteroatoms. The Balaban J connectivity index is 1.97. The van der Waals surface area contributed by atoms with E-state index in [1.54, 1.807) is 0 Å². The first-order valence-electron chi connectivity index (χ1n) is 2.89. The van der Waals surface area contributed by atoms with E-state index in [9.17, 15) is 4.39 Å². The van der Waals surface area contributed by atoms with E-state index in [-0.39, 0.29) is 12.7 Å². The second-order valence-electron chi connectivity index (χ2n) is 2.43. The molecule has 2 fully saturated rings. The molecule has 1 aliphatic heterocycles. The Morgan fingerprint density at radius 2 is 2.62 bits per heavy atom. The van der Waals surface area contributed by atoms with Gasteiger partial charge in [0, 0.05) is 5.92 Å². The summed E-state index contributed by atoms with van der Waals surface area (Å²) < 4.78 is 11.8. The van der Waals surface area contributed by atoms with Gasteiger partial charge in [0.15, 0.2) is 0 Å². The van der Waals surface area contributed by atoms with Gasteiger partial charge in [0.05, 0.1) is 12.1 Å². The Kier molecular flexibility index (Phi) is 0.835. The Labute approximate surface area is 47.0 Å².